The molecule has 1 aromatic heterocycles. The first-order valence-electron chi connectivity index (χ1n) is 9.03. The van der Waals surface area contributed by atoms with Crippen LogP contribution in [0.25, 0.3) is 10.6 Å². The molecule has 29 heavy (non-hydrogen) atoms. The lowest BCUT2D eigenvalue weighted by atomic mass is 10.2. The molecular formula is C21H20FN3O3S. The van der Waals surface area contributed by atoms with Crippen molar-refractivity contribution in [3.63, 3.8) is 0 Å². The summed E-state index contributed by atoms with van der Waals surface area (Å²) in [7, 11) is 0. The maximum absolute atomic E-state index is 13.0. The minimum absolute atomic E-state index is 0.0113. The van der Waals surface area contributed by atoms with E-state index in [0.29, 0.717) is 16.5 Å². The molecule has 0 aliphatic heterocycles. The Morgan fingerprint density at radius 2 is 1.86 bits per heavy atom. The number of carbonyl (C=O) groups excluding carboxylic acids is 2. The summed E-state index contributed by atoms with van der Waals surface area (Å²) in [5.41, 5.74) is 7.11. The van der Waals surface area contributed by atoms with Crippen LogP contribution < -0.4 is 15.6 Å². The van der Waals surface area contributed by atoms with Gasteiger partial charge in [0.05, 0.1) is 12.1 Å². The van der Waals surface area contributed by atoms with Gasteiger partial charge in [0.1, 0.15) is 16.6 Å². The molecule has 0 atom stereocenters. The number of hydrogen-bond acceptors (Lipinski definition) is 5. The number of halogens is 1. The number of rotatable bonds is 7. The zero-order valence-corrected chi connectivity index (χ0v) is 16.6. The Bertz CT molecular complexity index is 989. The lowest BCUT2D eigenvalue weighted by Gasteiger charge is -2.09. The first kappa shape index (κ1) is 20.5. The van der Waals surface area contributed by atoms with Crippen molar-refractivity contribution < 1.29 is 18.7 Å². The average molecular weight is 413 g/mol. The van der Waals surface area contributed by atoms with Gasteiger partial charge in [-0.25, -0.2) is 9.37 Å². The van der Waals surface area contributed by atoms with Gasteiger partial charge in [-0.2, -0.15) is 0 Å². The molecule has 0 aliphatic rings. The zero-order valence-electron chi connectivity index (χ0n) is 15.8. The number of hydrogen-bond donors (Lipinski definition) is 2. The number of hydrazine groups is 1. The van der Waals surface area contributed by atoms with Gasteiger partial charge in [-0.1, -0.05) is 19.1 Å². The number of carbonyl (C=O) groups is 2. The third-order valence-corrected chi connectivity index (χ3v) is 4.94. The van der Waals surface area contributed by atoms with Crippen molar-refractivity contribution in [2.24, 2.45) is 0 Å². The minimum Gasteiger partial charge on any atom is -0.484 e. The van der Waals surface area contributed by atoms with Crippen LogP contribution in [0.2, 0.25) is 0 Å². The van der Waals surface area contributed by atoms with E-state index in [9.17, 15) is 14.0 Å². The standard InChI is InChI=1S/C21H20FN3O3S/c1-2-14-4-3-5-18(10-14)28-12-20(27)25-24-19(26)11-17-13-29-21(23-17)15-6-8-16(22)9-7-15/h3-10,13H,2,11-12H2,1H3,(H,24,26)(H,25,27). The van der Waals surface area contributed by atoms with Crippen LogP contribution in [-0.2, 0) is 22.4 Å². The molecule has 0 aliphatic carbocycles. The van der Waals surface area contributed by atoms with Gasteiger partial charge in [0, 0.05) is 10.9 Å². The molecule has 2 aromatic carbocycles. The van der Waals surface area contributed by atoms with Crippen molar-refractivity contribution in [3.8, 4) is 16.3 Å². The molecule has 3 rings (SSSR count). The first-order valence-corrected chi connectivity index (χ1v) is 9.91. The van der Waals surface area contributed by atoms with Gasteiger partial charge in [-0.15, -0.1) is 11.3 Å². The molecule has 0 saturated carbocycles. The first-order chi connectivity index (χ1) is 14.0. The van der Waals surface area contributed by atoms with Gasteiger partial charge in [0.25, 0.3) is 5.91 Å². The number of ether oxygens (including phenoxy) is 1. The summed E-state index contributed by atoms with van der Waals surface area (Å²) >= 11 is 1.36. The molecule has 0 bridgehead atoms. The van der Waals surface area contributed by atoms with Gasteiger partial charge in [0.2, 0.25) is 5.91 Å². The second kappa shape index (κ2) is 9.79. The van der Waals surface area contributed by atoms with E-state index in [0.717, 1.165) is 17.5 Å². The Labute approximate surface area is 171 Å². The van der Waals surface area contributed by atoms with E-state index in [1.807, 2.05) is 25.1 Å². The Morgan fingerprint density at radius 3 is 2.62 bits per heavy atom. The van der Waals surface area contributed by atoms with E-state index in [1.54, 1.807) is 23.6 Å². The average Bonchev–Trinajstić information content (AvgIpc) is 3.19. The van der Waals surface area contributed by atoms with Crippen molar-refractivity contribution in [2.45, 2.75) is 19.8 Å². The van der Waals surface area contributed by atoms with Crippen molar-refractivity contribution in [2.75, 3.05) is 6.61 Å². The summed E-state index contributed by atoms with van der Waals surface area (Å²) in [6.07, 6.45) is 0.885. The molecule has 1 heterocycles. The van der Waals surface area contributed by atoms with E-state index in [2.05, 4.69) is 15.8 Å². The molecule has 150 valence electrons. The third-order valence-electron chi connectivity index (χ3n) is 4.00. The molecule has 0 saturated heterocycles. The van der Waals surface area contributed by atoms with Crippen LogP contribution in [0, 0.1) is 5.82 Å². The molecule has 0 radical (unpaired) electrons. The fraction of sp³-hybridized carbons (Fsp3) is 0.190. The van der Waals surface area contributed by atoms with Crippen molar-refractivity contribution in [1.82, 2.24) is 15.8 Å². The number of aromatic nitrogens is 1. The van der Waals surface area contributed by atoms with Crippen molar-refractivity contribution >= 4 is 23.2 Å². The lowest BCUT2D eigenvalue weighted by molar-refractivity contribution is -0.129. The number of nitrogens with zero attached hydrogens (tertiary/aromatic N) is 1. The number of benzene rings is 2. The van der Waals surface area contributed by atoms with Gasteiger partial charge < -0.3 is 4.74 Å². The van der Waals surface area contributed by atoms with Crippen LogP contribution >= 0.6 is 11.3 Å². The molecule has 2 N–H and O–H groups in total. The predicted octanol–water partition coefficient (Wildman–Crippen LogP) is 3.28. The van der Waals surface area contributed by atoms with Crippen LogP contribution in [0.15, 0.2) is 53.9 Å². The van der Waals surface area contributed by atoms with Crippen LogP contribution in [0.5, 0.6) is 5.75 Å². The monoisotopic (exact) mass is 413 g/mol. The molecule has 6 nitrogen and oxygen atoms in total. The molecular weight excluding hydrogens is 393 g/mol. The van der Waals surface area contributed by atoms with E-state index in [4.69, 9.17) is 4.74 Å². The summed E-state index contributed by atoms with van der Waals surface area (Å²) < 4.78 is 18.4. The topological polar surface area (TPSA) is 80.3 Å². The Kier molecular flexibility index (Phi) is 6.91. The van der Waals surface area contributed by atoms with Crippen molar-refractivity contribution in [1.29, 1.82) is 0 Å². The van der Waals surface area contributed by atoms with Gasteiger partial charge in [-0.05, 0) is 48.4 Å². The van der Waals surface area contributed by atoms with Gasteiger partial charge >= 0.3 is 0 Å². The normalized spacial score (nSPS) is 10.4. The third kappa shape index (κ3) is 6.11. The Hall–Kier alpha value is -3.26. The quantitative estimate of drug-likeness (QED) is 0.583. The highest BCUT2D eigenvalue weighted by Crippen LogP contribution is 2.24. The maximum Gasteiger partial charge on any atom is 0.276 e. The zero-order chi connectivity index (χ0) is 20.6. The smallest absolute Gasteiger partial charge is 0.276 e. The molecule has 8 heteroatoms. The highest BCUT2D eigenvalue weighted by atomic mass is 32.1. The maximum atomic E-state index is 13.0. The second-order valence-corrected chi connectivity index (χ2v) is 7.07. The fourth-order valence-electron chi connectivity index (χ4n) is 2.50. The van der Waals surface area contributed by atoms with Crippen LogP contribution in [-0.4, -0.2) is 23.4 Å². The number of nitrogens with one attached hydrogen (secondary N) is 2. The lowest BCUT2D eigenvalue weighted by Crippen LogP contribution is -2.44. The summed E-state index contributed by atoms with van der Waals surface area (Å²) in [6.45, 7) is 1.82. The summed E-state index contributed by atoms with van der Waals surface area (Å²) in [4.78, 5) is 28.2. The van der Waals surface area contributed by atoms with Gasteiger partial charge in [0.15, 0.2) is 6.61 Å². The summed E-state index contributed by atoms with van der Waals surface area (Å²) in [5.74, 6) is -0.586. The minimum atomic E-state index is -0.467. The second-order valence-electron chi connectivity index (χ2n) is 6.21. The molecule has 0 fully saturated rings. The summed E-state index contributed by atoms with van der Waals surface area (Å²) in [6, 6.07) is 13.5. The van der Waals surface area contributed by atoms with E-state index < -0.39 is 11.8 Å². The number of aryl methyl sites for hydroxylation is 1. The highest BCUT2D eigenvalue weighted by molar-refractivity contribution is 7.13. The van der Waals surface area contributed by atoms with Gasteiger partial charge in [-0.3, -0.25) is 20.4 Å². The molecule has 0 spiro atoms. The van der Waals surface area contributed by atoms with Crippen molar-refractivity contribution in [3.05, 3.63) is 71.0 Å². The summed E-state index contributed by atoms with van der Waals surface area (Å²) in [5, 5.41) is 2.45. The number of amides is 2. The molecule has 3 aromatic rings. The van der Waals surface area contributed by atoms with Crippen LogP contribution in [0.3, 0.4) is 0 Å². The van der Waals surface area contributed by atoms with E-state index >= 15 is 0 Å². The van der Waals surface area contributed by atoms with Crippen LogP contribution in [0.1, 0.15) is 18.2 Å². The highest BCUT2D eigenvalue weighted by Gasteiger charge is 2.11. The predicted molar refractivity (Wildman–Crippen MR) is 109 cm³/mol. The van der Waals surface area contributed by atoms with Crippen LogP contribution in [0.4, 0.5) is 4.39 Å². The van der Waals surface area contributed by atoms with E-state index in [1.165, 1.54) is 23.5 Å². The fourth-order valence-corrected chi connectivity index (χ4v) is 3.33. The Morgan fingerprint density at radius 1 is 1.10 bits per heavy atom. The van der Waals surface area contributed by atoms with E-state index in [-0.39, 0.29) is 18.8 Å². The Balaban J connectivity index is 1.43. The SMILES string of the molecule is CCc1cccc(OCC(=O)NNC(=O)Cc2csc(-c3ccc(F)cc3)n2)c1. The molecule has 2 amide bonds. The number of thiazole rings is 1. The largest absolute Gasteiger partial charge is 0.484 e. The molecule has 0 unspecified atom stereocenters.